The molecule has 0 amide bonds. The number of aromatic amines is 1. The molecule has 0 radical (unpaired) electrons. The fourth-order valence-corrected chi connectivity index (χ4v) is 2.94. The van der Waals surface area contributed by atoms with Crippen LogP contribution in [-0.2, 0) is 12.4 Å². The maximum Gasteiger partial charge on any atom is 0.251 e. The predicted molar refractivity (Wildman–Crippen MR) is 73.4 cm³/mol. The van der Waals surface area contributed by atoms with Crippen LogP contribution in [-0.4, -0.2) is 15.0 Å². The van der Waals surface area contributed by atoms with Crippen LogP contribution in [0, 0.1) is 5.95 Å². The highest BCUT2D eigenvalue weighted by Gasteiger charge is 2.13. The van der Waals surface area contributed by atoms with E-state index in [2.05, 4.69) is 15.0 Å². The summed E-state index contributed by atoms with van der Waals surface area (Å²) in [5.74, 6) is -0.666. The van der Waals surface area contributed by atoms with Crippen molar-refractivity contribution in [3.05, 3.63) is 49.9 Å². The van der Waals surface area contributed by atoms with Crippen molar-refractivity contribution >= 4 is 35.0 Å². The van der Waals surface area contributed by atoms with Gasteiger partial charge in [-0.25, -0.2) is 14.4 Å². The van der Waals surface area contributed by atoms with Crippen molar-refractivity contribution in [3.8, 4) is 0 Å². The third-order valence-corrected chi connectivity index (χ3v) is 3.90. The second-order valence-corrected chi connectivity index (χ2v) is 5.40. The summed E-state index contributed by atoms with van der Waals surface area (Å²) >= 11 is 12.7. The standard InChI is InChI=1S/C11H7Cl2F2N3OS/c12-7-3-16-10(15)9(13)6(7)4-20-11-17-5(2-14)1-8(19)18-11/h1,3H,2,4H2,(H,17,18,19). The number of rotatable bonds is 4. The van der Waals surface area contributed by atoms with Crippen LogP contribution in [0.2, 0.25) is 10.0 Å². The normalized spacial score (nSPS) is 10.8. The van der Waals surface area contributed by atoms with Gasteiger partial charge in [0, 0.05) is 23.6 Å². The fraction of sp³-hybridized carbons (Fsp3) is 0.182. The Hall–Kier alpha value is -1.18. The molecule has 2 aromatic rings. The van der Waals surface area contributed by atoms with Crippen LogP contribution in [0.15, 0.2) is 22.2 Å². The first-order valence-electron chi connectivity index (χ1n) is 5.28. The fourth-order valence-electron chi connectivity index (χ4n) is 1.37. The maximum atomic E-state index is 13.2. The Morgan fingerprint density at radius 3 is 2.85 bits per heavy atom. The summed E-state index contributed by atoms with van der Waals surface area (Å²) in [5, 5.41) is 0.219. The molecule has 2 rings (SSSR count). The van der Waals surface area contributed by atoms with E-state index in [1.807, 2.05) is 0 Å². The molecular weight excluding hydrogens is 331 g/mol. The Kier molecular flexibility index (Phi) is 4.95. The lowest BCUT2D eigenvalue weighted by molar-refractivity contribution is 0.471. The van der Waals surface area contributed by atoms with E-state index in [1.54, 1.807) is 0 Å². The van der Waals surface area contributed by atoms with Gasteiger partial charge in [-0.05, 0) is 0 Å². The molecule has 0 fully saturated rings. The average Bonchev–Trinajstić information content (AvgIpc) is 2.42. The van der Waals surface area contributed by atoms with E-state index in [-0.39, 0.29) is 26.6 Å². The van der Waals surface area contributed by atoms with Crippen LogP contribution in [0.25, 0.3) is 0 Å². The van der Waals surface area contributed by atoms with E-state index in [4.69, 9.17) is 23.2 Å². The zero-order valence-corrected chi connectivity index (χ0v) is 12.1. The first kappa shape index (κ1) is 15.2. The number of alkyl halides is 1. The lowest BCUT2D eigenvalue weighted by Crippen LogP contribution is -2.09. The van der Waals surface area contributed by atoms with E-state index < -0.39 is 18.2 Å². The van der Waals surface area contributed by atoms with Crippen LogP contribution in [0.4, 0.5) is 8.78 Å². The highest BCUT2D eigenvalue weighted by Crippen LogP contribution is 2.30. The van der Waals surface area contributed by atoms with Gasteiger partial charge >= 0.3 is 0 Å². The quantitative estimate of drug-likeness (QED) is 0.528. The second kappa shape index (κ2) is 6.51. The number of pyridine rings is 1. The van der Waals surface area contributed by atoms with Crippen molar-refractivity contribution in [2.24, 2.45) is 0 Å². The molecule has 1 N–H and O–H groups in total. The summed E-state index contributed by atoms with van der Waals surface area (Å²) in [6, 6.07) is 1.07. The molecule has 0 aliphatic carbocycles. The van der Waals surface area contributed by atoms with Crippen LogP contribution < -0.4 is 5.56 Å². The number of halogens is 4. The maximum absolute atomic E-state index is 13.2. The molecule has 0 saturated heterocycles. The third-order valence-electron chi connectivity index (χ3n) is 2.29. The van der Waals surface area contributed by atoms with Gasteiger partial charge in [-0.15, -0.1) is 0 Å². The van der Waals surface area contributed by atoms with Gasteiger partial charge < -0.3 is 4.98 Å². The van der Waals surface area contributed by atoms with Gasteiger partial charge in [0.2, 0.25) is 5.95 Å². The van der Waals surface area contributed by atoms with Gasteiger partial charge in [0.25, 0.3) is 5.56 Å². The molecule has 0 unspecified atom stereocenters. The number of aromatic nitrogens is 3. The van der Waals surface area contributed by atoms with Gasteiger partial charge in [-0.3, -0.25) is 4.79 Å². The van der Waals surface area contributed by atoms with Gasteiger partial charge in [0.15, 0.2) is 5.16 Å². The molecule has 106 valence electrons. The number of nitrogens with one attached hydrogen (secondary N) is 1. The number of H-pyrrole nitrogens is 1. The molecule has 9 heteroatoms. The predicted octanol–water partition coefficient (Wildman–Crippen LogP) is 3.37. The zero-order valence-electron chi connectivity index (χ0n) is 9.79. The van der Waals surface area contributed by atoms with Gasteiger partial charge in [0.1, 0.15) is 11.7 Å². The Labute approximate surface area is 126 Å². The topological polar surface area (TPSA) is 58.6 Å². The molecule has 0 bridgehead atoms. The van der Waals surface area contributed by atoms with Crippen LogP contribution >= 0.6 is 35.0 Å². The minimum absolute atomic E-state index is 0.0225. The molecule has 2 aromatic heterocycles. The second-order valence-electron chi connectivity index (χ2n) is 3.65. The van der Waals surface area contributed by atoms with Crippen molar-refractivity contribution in [2.75, 3.05) is 0 Å². The number of thioether (sulfide) groups is 1. The van der Waals surface area contributed by atoms with Crippen LogP contribution in [0.1, 0.15) is 11.3 Å². The first-order valence-corrected chi connectivity index (χ1v) is 7.02. The molecule has 0 spiro atoms. The Morgan fingerprint density at radius 1 is 1.40 bits per heavy atom. The van der Waals surface area contributed by atoms with E-state index in [1.165, 1.54) is 0 Å². The molecule has 2 heterocycles. The van der Waals surface area contributed by atoms with E-state index in [0.717, 1.165) is 24.0 Å². The summed E-state index contributed by atoms with van der Waals surface area (Å²) in [6.07, 6.45) is 1.15. The van der Waals surface area contributed by atoms with E-state index >= 15 is 0 Å². The van der Waals surface area contributed by atoms with Crippen molar-refractivity contribution in [3.63, 3.8) is 0 Å². The largest absolute Gasteiger partial charge is 0.301 e. The van der Waals surface area contributed by atoms with Crippen molar-refractivity contribution in [2.45, 2.75) is 17.6 Å². The summed E-state index contributed by atoms with van der Waals surface area (Å²) in [4.78, 5) is 21.0. The highest BCUT2D eigenvalue weighted by atomic mass is 35.5. The molecule has 0 aromatic carbocycles. The first-order chi connectivity index (χ1) is 9.51. The molecule has 4 nitrogen and oxygen atoms in total. The smallest absolute Gasteiger partial charge is 0.251 e. The minimum atomic E-state index is -0.844. The van der Waals surface area contributed by atoms with Crippen molar-refractivity contribution in [1.29, 1.82) is 0 Å². The van der Waals surface area contributed by atoms with E-state index in [0.29, 0.717) is 5.56 Å². The van der Waals surface area contributed by atoms with Gasteiger partial charge in [-0.2, -0.15) is 4.39 Å². The van der Waals surface area contributed by atoms with Crippen molar-refractivity contribution < 1.29 is 8.78 Å². The zero-order chi connectivity index (χ0) is 14.7. The number of hydrogen-bond donors (Lipinski definition) is 1. The molecule has 0 saturated carbocycles. The van der Waals surface area contributed by atoms with Crippen molar-refractivity contribution in [1.82, 2.24) is 15.0 Å². The Morgan fingerprint density at radius 2 is 2.15 bits per heavy atom. The van der Waals surface area contributed by atoms with E-state index in [9.17, 15) is 13.6 Å². The average molecular weight is 338 g/mol. The number of hydrogen-bond acceptors (Lipinski definition) is 4. The Balaban J connectivity index is 2.23. The summed E-state index contributed by atoms with van der Waals surface area (Å²) in [6.45, 7) is -0.844. The lowest BCUT2D eigenvalue weighted by Gasteiger charge is -2.06. The lowest BCUT2D eigenvalue weighted by atomic mass is 10.3. The highest BCUT2D eigenvalue weighted by molar-refractivity contribution is 7.98. The summed E-state index contributed by atoms with van der Waals surface area (Å²) in [5.41, 5.74) is -0.110. The number of nitrogens with zero attached hydrogens (tertiary/aromatic N) is 2. The summed E-state index contributed by atoms with van der Waals surface area (Å²) in [7, 11) is 0. The Bertz CT molecular complexity index is 696. The molecule has 0 aliphatic rings. The third kappa shape index (κ3) is 3.47. The van der Waals surface area contributed by atoms with Gasteiger partial charge in [-0.1, -0.05) is 35.0 Å². The molecule has 0 aliphatic heterocycles. The van der Waals surface area contributed by atoms with Crippen LogP contribution in [0.3, 0.4) is 0 Å². The van der Waals surface area contributed by atoms with Gasteiger partial charge in [0.05, 0.1) is 10.7 Å². The SMILES string of the molecule is O=c1cc(CF)nc(SCc2c(Cl)cnc(F)c2Cl)[nH]1. The molecular formula is C11H7Cl2F2N3OS. The summed E-state index contributed by atoms with van der Waals surface area (Å²) < 4.78 is 25.7. The monoisotopic (exact) mass is 337 g/mol. The molecule has 20 heavy (non-hydrogen) atoms. The molecule has 0 atom stereocenters. The minimum Gasteiger partial charge on any atom is -0.301 e. The van der Waals surface area contributed by atoms with Crippen LogP contribution in [0.5, 0.6) is 0 Å².